The zero-order valence-electron chi connectivity index (χ0n) is 8.62. The van der Waals surface area contributed by atoms with E-state index in [1.54, 1.807) is 0 Å². The molecule has 82 valence electrons. The normalized spacial score (nSPS) is 27.9. The van der Waals surface area contributed by atoms with Crippen molar-refractivity contribution in [3.05, 3.63) is 34.9 Å². The fourth-order valence-corrected chi connectivity index (χ4v) is 2.73. The molecule has 0 saturated carbocycles. The van der Waals surface area contributed by atoms with Crippen LogP contribution in [-0.2, 0) is 4.74 Å². The summed E-state index contributed by atoms with van der Waals surface area (Å²) >= 11 is 9.55. The van der Waals surface area contributed by atoms with Gasteiger partial charge in [-0.2, -0.15) is 0 Å². The number of benzene rings is 1. The summed E-state index contributed by atoms with van der Waals surface area (Å²) in [7, 11) is 0. The Bertz CT molecular complexity index is 325. The van der Waals surface area contributed by atoms with Crippen LogP contribution in [0, 0.1) is 0 Å². The van der Waals surface area contributed by atoms with Crippen LogP contribution in [0.25, 0.3) is 0 Å². The van der Waals surface area contributed by atoms with Crippen LogP contribution < -0.4 is 0 Å². The molecule has 3 heteroatoms. The van der Waals surface area contributed by atoms with E-state index in [0.29, 0.717) is 12.2 Å². The third-order valence-corrected chi connectivity index (χ3v) is 4.15. The number of alkyl halides is 1. The van der Waals surface area contributed by atoms with Crippen molar-refractivity contribution in [1.82, 2.24) is 0 Å². The zero-order chi connectivity index (χ0) is 10.8. The minimum Gasteiger partial charge on any atom is -0.374 e. The van der Waals surface area contributed by atoms with Gasteiger partial charge in [0.05, 0.1) is 17.0 Å². The number of halogens is 2. The molecule has 0 spiro atoms. The molecular formula is C12H14BrClO. The van der Waals surface area contributed by atoms with Gasteiger partial charge in [-0.05, 0) is 37.5 Å². The van der Waals surface area contributed by atoms with Gasteiger partial charge in [-0.25, -0.2) is 0 Å². The van der Waals surface area contributed by atoms with Gasteiger partial charge in [-0.3, -0.25) is 0 Å². The minimum atomic E-state index is 0.278. The maximum atomic E-state index is 5.85. The fourth-order valence-electron chi connectivity index (χ4n) is 1.91. The Morgan fingerprint density at radius 1 is 1.33 bits per heavy atom. The van der Waals surface area contributed by atoms with Crippen molar-refractivity contribution in [2.45, 2.75) is 36.8 Å². The number of ether oxygens (including phenoxy) is 1. The van der Waals surface area contributed by atoms with E-state index in [0.717, 1.165) is 17.9 Å². The van der Waals surface area contributed by atoms with Gasteiger partial charge in [0.25, 0.3) is 0 Å². The molecule has 0 radical (unpaired) electrons. The Morgan fingerprint density at radius 3 is 2.53 bits per heavy atom. The van der Waals surface area contributed by atoms with Gasteiger partial charge in [0.1, 0.15) is 0 Å². The molecule has 0 amide bonds. The Labute approximate surface area is 104 Å². The molecule has 2 rings (SSSR count). The van der Waals surface area contributed by atoms with Crippen LogP contribution in [0.15, 0.2) is 24.3 Å². The van der Waals surface area contributed by atoms with E-state index in [-0.39, 0.29) is 4.83 Å². The van der Waals surface area contributed by atoms with Crippen molar-refractivity contribution in [2.75, 3.05) is 0 Å². The fraction of sp³-hybridized carbons (Fsp3) is 0.500. The summed E-state index contributed by atoms with van der Waals surface area (Å²) in [6.45, 7) is 2.13. The van der Waals surface area contributed by atoms with E-state index in [2.05, 4.69) is 22.9 Å². The Hall–Kier alpha value is -0.0500. The van der Waals surface area contributed by atoms with Crippen LogP contribution in [0.4, 0.5) is 0 Å². The molecule has 0 N–H and O–H groups in total. The van der Waals surface area contributed by atoms with Crippen LogP contribution in [0.2, 0.25) is 5.02 Å². The number of hydrogen-bond acceptors (Lipinski definition) is 1. The molecule has 1 aliphatic rings. The predicted molar refractivity (Wildman–Crippen MR) is 66.7 cm³/mol. The summed E-state index contributed by atoms with van der Waals surface area (Å²) < 4.78 is 5.83. The third kappa shape index (κ3) is 2.74. The first-order valence-electron chi connectivity index (χ1n) is 5.22. The van der Waals surface area contributed by atoms with Crippen LogP contribution in [-0.4, -0.2) is 12.2 Å². The van der Waals surface area contributed by atoms with Gasteiger partial charge < -0.3 is 4.74 Å². The molecule has 0 bridgehead atoms. The van der Waals surface area contributed by atoms with Crippen LogP contribution in [0.3, 0.4) is 0 Å². The standard InChI is InChI=1S/C12H14BrClO/c1-8-2-7-11(15-8)12(13)9-3-5-10(14)6-4-9/h3-6,8,11-12H,2,7H2,1H3. The van der Waals surface area contributed by atoms with E-state index < -0.39 is 0 Å². The first-order chi connectivity index (χ1) is 7.16. The molecule has 3 unspecified atom stereocenters. The summed E-state index contributed by atoms with van der Waals surface area (Å²) in [5, 5.41) is 0.777. The average molecular weight is 290 g/mol. The zero-order valence-corrected chi connectivity index (χ0v) is 11.0. The third-order valence-electron chi connectivity index (χ3n) is 2.78. The molecule has 1 aromatic carbocycles. The summed E-state index contributed by atoms with van der Waals surface area (Å²) in [5.74, 6) is 0. The van der Waals surface area contributed by atoms with Crippen LogP contribution >= 0.6 is 27.5 Å². The smallest absolute Gasteiger partial charge is 0.0745 e. The highest BCUT2D eigenvalue weighted by Gasteiger charge is 2.28. The molecule has 1 saturated heterocycles. The van der Waals surface area contributed by atoms with Crippen LogP contribution in [0.1, 0.15) is 30.2 Å². The molecular weight excluding hydrogens is 275 g/mol. The number of hydrogen-bond donors (Lipinski definition) is 0. The van der Waals surface area contributed by atoms with Gasteiger partial charge in [-0.1, -0.05) is 39.7 Å². The summed E-state index contributed by atoms with van der Waals surface area (Å²) in [6.07, 6.45) is 2.96. The van der Waals surface area contributed by atoms with E-state index in [9.17, 15) is 0 Å². The maximum Gasteiger partial charge on any atom is 0.0745 e. The lowest BCUT2D eigenvalue weighted by atomic mass is 10.1. The molecule has 1 nitrogen and oxygen atoms in total. The van der Waals surface area contributed by atoms with E-state index in [1.807, 2.05) is 24.3 Å². The molecule has 1 aromatic rings. The van der Waals surface area contributed by atoms with Crippen molar-refractivity contribution in [3.63, 3.8) is 0 Å². The molecule has 3 atom stereocenters. The van der Waals surface area contributed by atoms with E-state index in [4.69, 9.17) is 16.3 Å². The van der Waals surface area contributed by atoms with Crippen molar-refractivity contribution in [1.29, 1.82) is 0 Å². The highest BCUT2D eigenvalue weighted by molar-refractivity contribution is 9.09. The number of rotatable bonds is 2. The monoisotopic (exact) mass is 288 g/mol. The largest absolute Gasteiger partial charge is 0.374 e. The van der Waals surface area contributed by atoms with Gasteiger partial charge in [0.15, 0.2) is 0 Å². The van der Waals surface area contributed by atoms with Crippen molar-refractivity contribution in [2.24, 2.45) is 0 Å². The lowest BCUT2D eigenvalue weighted by Gasteiger charge is -2.18. The van der Waals surface area contributed by atoms with Gasteiger partial charge in [0.2, 0.25) is 0 Å². The van der Waals surface area contributed by atoms with Gasteiger partial charge in [-0.15, -0.1) is 0 Å². The lowest BCUT2D eigenvalue weighted by molar-refractivity contribution is 0.0557. The molecule has 1 fully saturated rings. The Balaban J connectivity index is 2.07. The first-order valence-corrected chi connectivity index (χ1v) is 6.51. The average Bonchev–Trinajstić information content (AvgIpc) is 2.65. The lowest BCUT2D eigenvalue weighted by Crippen LogP contribution is -2.14. The summed E-state index contributed by atoms with van der Waals surface area (Å²) in [5.41, 5.74) is 1.23. The van der Waals surface area contributed by atoms with Gasteiger partial charge in [0, 0.05) is 5.02 Å². The second kappa shape index (κ2) is 4.86. The highest BCUT2D eigenvalue weighted by Crippen LogP contribution is 2.36. The second-order valence-corrected chi connectivity index (χ2v) is 5.44. The van der Waals surface area contributed by atoms with Gasteiger partial charge >= 0.3 is 0 Å². The topological polar surface area (TPSA) is 9.23 Å². The molecule has 1 heterocycles. The Morgan fingerprint density at radius 2 is 2.00 bits per heavy atom. The van der Waals surface area contributed by atoms with E-state index in [1.165, 1.54) is 5.56 Å². The Kier molecular flexibility index (Phi) is 3.70. The SMILES string of the molecule is CC1CCC(C(Br)c2ccc(Cl)cc2)O1. The van der Waals surface area contributed by atoms with Crippen molar-refractivity contribution >= 4 is 27.5 Å². The quantitative estimate of drug-likeness (QED) is 0.736. The van der Waals surface area contributed by atoms with Crippen molar-refractivity contribution in [3.8, 4) is 0 Å². The maximum absolute atomic E-state index is 5.85. The molecule has 0 aliphatic carbocycles. The minimum absolute atomic E-state index is 0.278. The molecule has 0 aromatic heterocycles. The van der Waals surface area contributed by atoms with Crippen molar-refractivity contribution < 1.29 is 4.74 Å². The first kappa shape index (κ1) is 11.4. The summed E-state index contributed by atoms with van der Waals surface area (Å²) in [6, 6.07) is 7.94. The van der Waals surface area contributed by atoms with Crippen LogP contribution in [0.5, 0.6) is 0 Å². The molecule has 1 aliphatic heterocycles. The predicted octanol–water partition coefficient (Wildman–Crippen LogP) is 4.34. The second-order valence-electron chi connectivity index (χ2n) is 4.02. The summed E-state index contributed by atoms with van der Waals surface area (Å²) in [4.78, 5) is 0.278. The molecule has 15 heavy (non-hydrogen) atoms. The van der Waals surface area contributed by atoms with E-state index >= 15 is 0 Å². The highest BCUT2D eigenvalue weighted by atomic mass is 79.9.